The number of para-hydroxylation sites is 1. The van der Waals surface area contributed by atoms with Crippen LogP contribution >= 0.6 is 11.3 Å². The zero-order valence-electron chi connectivity index (χ0n) is 13.1. The summed E-state index contributed by atoms with van der Waals surface area (Å²) >= 11 is 1.71. The highest BCUT2D eigenvalue weighted by molar-refractivity contribution is 7.22. The second kappa shape index (κ2) is 6.52. The van der Waals surface area contributed by atoms with Crippen LogP contribution < -0.4 is 10.2 Å². The Hall–Kier alpha value is -2.54. The molecule has 0 radical (unpaired) electrons. The first kappa shape index (κ1) is 15.0. The smallest absolute Gasteiger partial charge is 0.229 e. The van der Waals surface area contributed by atoms with Crippen LogP contribution in [0, 0.1) is 5.92 Å². The number of piperidine rings is 1. The zero-order valence-corrected chi connectivity index (χ0v) is 13.9. The second-order valence-electron chi connectivity index (χ2n) is 5.79. The van der Waals surface area contributed by atoms with Crippen molar-refractivity contribution in [1.82, 2.24) is 15.0 Å². The van der Waals surface area contributed by atoms with Gasteiger partial charge in [-0.15, -0.1) is 0 Å². The molecule has 1 aliphatic heterocycles. The Morgan fingerprint density at radius 2 is 1.88 bits per heavy atom. The Morgan fingerprint density at radius 3 is 2.62 bits per heavy atom. The molecule has 0 aliphatic carbocycles. The monoisotopic (exact) mass is 339 g/mol. The molecule has 0 unspecified atom stereocenters. The highest BCUT2D eigenvalue weighted by atomic mass is 32.1. The average Bonchev–Trinajstić information content (AvgIpc) is 3.07. The Morgan fingerprint density at radius 1 is 1.12 bits per heavy atom. The third-order valence-electron chi connectivity index (χ3n) is 4.22. The van der Waals surface area contributed by atoms with Crippen molar-refractivity contribution in [1.29, 1.82) is 0 Å². The van der Waals surface area contributed by atoms with E-state index < -0.39 is 0 Å². The largest absolute Gasteiger partial charge is 0.348 e. The lowest BCUT2D eigenvalue weighted by Gasteiger charge is -2.30. The van der Waals surface area contributed by atoms with Crippen LogP contribution in [0.1, 0.15) is 12.8 Å². The highest BCUT2D eigenvalue weighted by Gasteiger charge is 2.26. The predicted octanol–water partition coefficient (Wildman–Crippen LogP) is 2.94. The number of thiazole rings is 1. The van der Waals surface area contributed by atoms with E-state index in [0.717, 1.165) is 36.6 Å². The summed E-state index contributed by atoms with van der Waals surface area (Å²) in [4.78, 5) is 27.4. The van der Waals surface area contributed by atoms with Gasteiger partial charge in [0.1, 0.15) is 0 Å². The maximum atomic E-state index is 12.3. The minimum atomic E-state index is -0.000524. The SMILES string of the molecule is O=C(Nc1ncccn1)C1CCN(c2nc3ccccc3s2)CC1. The molecule has 7 heteroatoms. The van der Waals surface area contributed by atoms with Gasteiger partial charge < -0.3 is 4.90 Å². The number of aromatic nitrogens is 3. The zero-order chi connectivity index (χ0) is 16.4. The topological polar surface area (TPSA) is 71.0 Å². The summed E-state index contributed by atoms with van der Waals surface area (Å²) in [6, 6.07) is 9.90. The molecule has 3 heterocycles. The van der Waals surface area contributed by atoms with Crippen LogP contribution in [0.15, 0.2) is 42.7 Å². The number of amides is 1. The molecule has 1 fully saturated rings. The number of hydrogen-bond donors (Lipinski definition) is 1. The van der Waals surface area contributed by atoms with Crippen molar-refractivity contribution in [2.75, 3.05) is 23.3 Å². The van der Waals surface area contributed by atoms with Crippen molar-refractivity contribution in [3.8, 4) is 0 Å². The van der Waals surface area contributed by atoms with Crippen molar-refractivity contribution < 1.29 is 4.79 Å². The van der Waals surface area contributed by atoms with Gasteiger partial charge in [-0.1, -0.05) is 23.5 Å². The highest BCUT2D eigenvalue weighted by Crippen LogP contribution is 2.31. The van der Waals surface area contributed by atoms with Gasteiger partial charge in [0, 0.05) is 31.4 Å². The van der Waals surface area contributed by atoms with Crippen molar-refractivity contribution >= 4 is 38.5 Å². The minimum Gasteiger partial charge on any atom is -0.348 e. The summed E-state index contributed by atoms with van der Waals surface area (Å²) in [5.74, 6) is 0.376. The number of nitrogens with zero attached hydrogens (tertiary/aromatic N) is 4. The second-order valence-corrected chi connectivity index (χ2v) is 6.80. The fourth-order valence-corrected chi connectivity index (χ4v) is 3.92. The first-order valence-electron chi connectivity index (χ1n) is 7.98. The lowest BCUT2D eigenvalue weighted by molar-refractivity contribution is -0.120. The number of fused-ring (bicyclic) bond motifs is 1. The summed E-state index contributed by atoms with van der Waals surface area (Å²) in [6.07, 6.45) is 4.87. The summed E-state index contributed by atoms with van der Waals surface area (Å²) < 4.78 is 1.20. The molecule has 6 nitrogen and oxygen atoms in total. The van der Waals surface area contributed by atoms with E-state index in [2.05, 4.69) is 26.3 Å². The molecule has 1 amide bonds. The molecule has 0 spiro atoms. The number of hydrogen-bond acceptors (Lipinski definition) is 6. The van der Waals surface area contributed by atoms with E-state index in [1.807, 2.05) is 18.2 Å². The van der Waals surface area contributed by atoms with E-state index in [9.17, 15) is 4.79 Å². The minimum absolute atomic E-state index is 0.000524. The molecular weight excluding hydrogens is 322 g/mol. The van der Waals surface area contributed by atoms with Gasteiger partial charge in [0.15, 0.2) is 5.13 Å². The summed E-state index contributed by atoms with van der Waals surface area (Å²) in [5.41, 5.74) is 1.04. The van der Waals surface area contributed by atoms with Gasteiger partial charge in [0.05, 0.1) is 10.2 Å². The van der Waals surface area contributed by atoms with Crippen LogP contribution in [0.2, 0.25) is 0 Å². The quantitative estimate of drug-likeness (QED) is 0.794. The third-order valence-corrected chi connectivity index (χ3v) is 5.32. The number of anilines is 2. The number of carbonyl (C=O) groups is 1. The van der Waals surface area contributed by atoms with Gasteiger partial charge in [-0.05, 0) is 31.0 Å². The van der Waals surface area contributed by atoms with Gasteiger partial charge in [-0.25, -0.2) is 15.0 Å². The molecule has 0 bridgehead atoms. The summed E-state index contributed by atoms with van der Waals surface area (Å²) in [7, 11) is 0. The van der Waals surface area contributed by atoms with E-state index in [1.165, 1.54) is 4.70 Å². The maximum absolute atomic E-state index is 12.3. The molecule has 4 rings (SSSR count). The molecule has 0 atom stereocenters. The van der Waals surface area contributed by atoms with Gasteiger partial charge in [0.25, 0.3) is 0 Å². The van der Waals surface area contributed by atoms with Crippen molar-refractivity contribution in [2.24, 2.45) is 5.92 Å². The number of carbonyl (C=O) groups excluding carboxylic acids is 1. The molecule has 1 aromatic carbocycles. The molecule has 122 valence electrons. The van der Waals surface area contributed by atoms with E-state index in [-0.39, 0.29) is 11.8 Å². The number of benzene rings is 1. The van der Waals surface area contributed by atoms with Gasteiger partial charge in [0.2, 0.25) is 11.9 Å². The van der Waals surface area contributed by atoms with Crippen LogP contribution in [0.3, 0.4) is 0 Å². The molecule has 24 heavy (non-hydrogen) atoms. The van der Waals surface area contributed by atoms with Crippen LogP contribution in [0.25, 0.3) is 10.2 Å². The Bertz CT molecular complexity index is 809. The normalized spacial score (nSPS) is 15.6. The van der Waals surface area contributed by atoms with Crippen molar-refractivity contribution in [2.45, 2.75) is 12.8 Å². The first-order chi connectivity index (χ1) is 11.8. The van der Waals surface area contributed by atoms with Crippen molar-refractivity contribution in [3.63, 3.8) is 0 Å². The molecule has 0 saturated carbocycles. The van der Waals surface area contributed by atoms with E-state index in [0.29, 0.717) is 5.95 Å². The molecule has 1 saturated heterocycles. The van der Waals surface area contributed by atoms with Crippen LogP contribution in [-0.4, -0.2) is 33.9 Å². The Labute approximate surface area is 143 Å². The first-order valence-corrected chi connectivity index (χ1v) is 8.79. The van der Waals surface area contributed by atoms with Crippen LogP contribution in [0.5, 0.6) is 0 Å². The lowest BCUT2D eigenvalue weighted by Crippen LogP contribution is -2.38. The standard InChI is InChI=1S/C17H17N5OS/c23-15(21-16-18-8-3-9-19-16)12-6-10-22(11-7-12)17-20-13-4-1-2-5-14(13)24-17/h1-5,8-9,12H,6-7,10-11H2,(H,18,19,21,23). The summed E-state index contributed by atoms with van der Waals surface area (Å²) in [5, 5.41) is 3.84. The Kier molecular flexibility index (Phi) is 4.08. The number of nitrogens with one attached hydrogen (secondary N) is 1. The third kappa shape index (κ3) is 3.07. The summed E-state index contributed by atoms with van der Waals surface area (Å²) in [6.45, 7) is 1.68. The number of rotatable bonds is 3. The van der Waals surface area contributed by atoms with Gasteiger partial charge >= 0.3 is 0 Å². The maximum Gasteiger partial charge on any atom is 0.229 e. The van der Waals surface area contributed by atoms with Gasteiger partial charge in [-0.2, -0.15) is 0 Å². The fraction of sp³-hybridized carbons (Fsp3) is 0.294. The lowest BCUT2D eigenvalue weighted by atomic mass is 9.96. The van der Waals surface area contributed by atoms with Crippen molar-refractivity contribution in [3.05, 3.63) is 42.7 Å². The van der Waals surface area contributed by atoms with E-state index in [1.54, 1.807) is 29.8 Å². The Balaban J connectivity index is 1.38. The van der Waals surface area contributed by atoms with Crippen LogP contribution in [-0.2, 0) is 4.79 Å². The molecule has 1 aliphatic rings. The predicted molar refractivity (Wildman–Crippen MR) is 95.2 cm³/mol. The molecular formula is C17H17N5OS. The van der Waals surface area contributed by atoms with E-state index in [4.69, 9.17) is 4.98 Å². The van der Waals surface area contributed by atoms with Crippen LogP contribution in [0.4, 0.5) is 11.1 Å². The fourth-order valence-electron chi connectivity index (χ4n) is 2.90. The average molecular weight is 339 g/mol. The molecule has 1 N–H and O–H groups in total. The van der Waals surface area contributed by atoms with Gasteiger partial charge in [-0.3, -0.25) is 10.1 Å². The van der Waals surface area contributed by atoms with E-state index >= 15 is 0 Å². The molecule has 2 aromatic heterocycles. The molecule has 3 aromatic rings.